The van der Waals surface area contributed by atoms with E-state index in [9.17, 15) is 9.00 Å². The van der Waals surface area contributed by atoms with Gasteiger partial charge in [0.1, 0.15) is 5.82 Å². The molecule has 3 N–H and O–H groups in total. The number of carbonyl (C=O) groups is 1. The number of rotatable bonds is 5. The molecule has 0 aliphatic carbocycles. The third kappa shape index (κ3) is 4.85. The molecule has 1 saturated heterocycles. The summed E-state index contributed by atoms with van der Waals surface area (Å²) in [7, 11) is 3.24. The number of halogens is 1. The van der Waals surface area contributed by atoms with Crippen LogP contribution in [-0.4, -0.2) is 65.2 Å². The Bertz CT molecular complexity index is 1350. The van der Waals surface area contributed by atoms with E-state index in [1.54, 1.807) is 12.1 Å². The summed E-state index contributed by atoms with van der Waals surface area (Å²) in [5.41, 5.74) is 12.5. The molecule has 1 fully saturated rings. The van der Waals surface area contributed by atoms with Crippen molar-refractivity contribution in [3.63, 3.8) is 0 Å². The maximum Gasteiger partial charge on any atom is 0.251 e. The van der Waals surface area contributed by atoms with Crippen LogP contribution in [0.5, 0.6) is 0 Å². The molecule has 2 aliphatic heterocycles. The number of hydrogen-bond donors (Lipinski definition) is 2. The van der Waals surface area contributed by atoms with E-state index in [2.05, 4.69) is 20.1 Å². The molecular weight excluding hydrogens is 477 g/mol. The van der Waals surface area contributed by atoms with Gasteiger partial charge in [-0.05, 0) is 67.0 Å². The minimum atomic E-state index is -0.759. The lowest BCUT2D eigenvalue weighted by molar-refractivity contribution is 0.0946. The molecule has 188 valence electrons. The number of aromatic nitrogens is 1. The van der Waals surface area contributed by atoms with E-state index in [1.165, 1.54) is 0 Å². The van der Waals surface area contributed by atoms with Gasteiger partial charge in [0.15, 0.2) is 0 Å². The van der Waals surface area contributed by atoms with Crippen molar-refractivity contribution >= 4 is 28.2 Å². The summed E-state index contributed by atoms with van der Waals surface area (Å²) >= 11 is 0. The number of nitrogens with zero attached hydrogens (tertiary/aromatic N) is 3. The number of amides is 1. The average molecular weight is 508 g/mol. The molecule has 9 heteroatoms. The molecule has 0 unspecified atom stereocenters. The first-order valence-corrected chi connectivity index (χ1v) is 13.5. The van der Waals surface area contributed by atoms with Gasteiger partial charge in [0.25, 0.3) is 5.91 Å². The van der Waals surface area contributed by atoms with E-state index in [1.807, 2.05) is 44.4 Å². The van der Waals surface area contributed by atoms with Gasteiger partial charge in [0, 0.05) is 70.9 Å². The first-order chi connectivity index (χ1) is 17.3. The molecule has 0 saturated carbocycles. The quantitative estimate of drug-likeness (QED) is 0.516. The van der Waals surface area contributed by atoms with E-state index in [-0.39, 0.29) is 11.7 Å². The maximum absolute atomic E-state index is 15.2. The number of carbonyl (C=O) groups excluding carboxylic acids is 1. The van der Waals surface area contributed by atoms with Gasteiger partial charge in [-0.1, -0.05) is 18.2 Å². The van der Waals surface area contributed by atoms with Crippen LogP contribution in [0.25, 0.3) is 22.3 Å². The van der Waals surface area contributed by atoms with E-state index in [4.69, 9.17) is 5.73 Å². The van der Waals surface area contributed by atoms with E-state index in [0.717, 1.165) is 47.5 Å². The molecule has 3 heterocycles. The molecule has 36 heavy (non-hydrogen) atoms. The molecule has 3 aromatic rings. The van der Waals surface area contributed by atoms with Crippen LogP contribution >= 0.6 is 0 Å². The number of hydrogen-bond acceptors (Lipinski definition) is 6. The Hall–Kier alpha value is -3.30. The third-order valence-electron chi connectivity index (χ3n) is 6.74. The Balaban J connectivity index is 1.55. The molecule has 5 rings (SSSR count). The van der Waals surface area contributed by atoms with Crippen molar-refractivity contribution in [1.82, 2.24) is 15.2 Å². The largest absolute Gasteiger partial charge is 0.383 e. The van der Waals surface area contributed by atoms with Crippen LogP contribution in [0.1, 0.15) is 21.5 Å². The van der Waals surface area contributed by atoms with E-state index < -0.39 is 16.7 Å². The highest BCUT2D eigenvalue weighted by Crippen LogP contribution is 2.35. The highest BCUT2D eigenvalue weighted by molar-refractivity contribution is 7.85. The van der Waals surface area contributed by atoms with Gasteiger partial charge in [-0.15, -0.1) is 0 Å². The second-order valence-electron chi connectivity index (χ2n) is 9.55. The van der Waals surface area contributed by atoms with Gasteiger partial charge < -0.3 is 20.9 Å². The lowest BCUT2D eigenvalue weighted by Gasteiger charge is -2.31. The third-order valence-corrected chi connectivity index (χ3v) is 8.02. The fourth-order valence-electron chi connectivity index (χ4n) is 4.94. The van der Waals surface area contributed by atoms with Crippen LogP contribution in [-0.2, 0) is 23.8 Å². The molecule has 1 amide bonds. The van der Waals surface area contributed by atoms with Gasteiger partial charge in [0.05, 0.1) is 0 Å². The second kappa shape index (κ2) is 9.99. The monoisotopic (exact) mass is 507 g/mol. The number of anilines is 2. The van der Waals surface area contributed by atoms with Gasteiger partial charge >= 0.3 is 0 Å². The lowest BCUT2D eigenvalue weighted by atomic mass is 9.93. The fraction of sp³-hybridized carbons (Fsp3) is 0.333. The van der Waals surface area contributed by atoms with Crippen molar-refractivity contribution in [1.29, 1.82) is 0 Å². The second-order valence-corrected chi connectivity index (χ2v) is 11.2. The number of benzene rings is 2. The summed E-state index contributed by atoms with van der Waals surface area (Å²) in [6, 6.07) is 13.3. The first-order valence-electron chi connectivity index (χ1n) is 12.1. The van der Waals surface area contributed by atoms with Crippen LogP contribution in [0.4, 0.5) is 15.9 Å². The Kier molecular flexibility index (Phi) is 6.77. The molecule has 2 aromatic carbocycles. The highest BCUT2D eigenvalue weighted by atomic mass is 32.2. The first kappa shape index (κ1) is 24.4. The molecule has 0 bridgehead atoms. The molecule has 0 atom stereocenters. The maximum atomic E-state index is 15.2. The number of nitrogens with one attached hydrogen (secondary N) is 1. The average Bonchev–Trinajstić information content (AvgIpc) is 2.84. The van der Waals surface area contributed by atoms with E-state index in [0.29, 0.717) is 41.3 Å². The minimum Gasteiger partial charge on any atom is -0.383 e. The Morgan fingerprint density at radius 1 is 1.06 bits per heavy atom. The number of pyridine rings is 1. The Morgan fingerprint density at radius 2 is 1.78 bits per heavy atom. The van der Waals surface area contributed by atoms with Crippen molar-refractivity contribution in [2.75, 3.05) is 55.9 Å². The Morgan fingerprint density at radius 3 is 2.53 bits per heavy atom. The normalized spacial score (nSPS) is 16.2. The fourth-order valence-corrected chi connectivity index (χ4v) is 5.99. The van der Waals surface area contributed by atoms with Crippen LogP contribution in [0.3, 0.4) is 0 Å². The van der Waals surface area contributed by atoms with Crippen LogP contribution in [0.2, 0.25) is 0 Å². The zero-order chi connectivity index (χ0) is 25.4. The summed E-state index contributed by atoms with van der Waals surface area (Å²) in [5, 5.41) is 2.85. The van der Waals surface area contributed by atoms with Gasteiger partial charge in [-0.25, -0.2) is 4.98 Å². The standard InChI is InChI=1S/C27H30FN5O2S/c1-32(2)16-20-14-17(4-6-24(20)33-9-11-36(35)12-10-33)22-15-23(26(29)31-25(22)28)18-3-5-21-19(13-18)7-8-30-27(21)34/h3-6,13-15H,7-12,16H2,1-2H3,(H2,29,31)(H,30,34). The van der Waals surface area contributed by atoms with Crippen molar-refractivity contribution in [2.45, 2.75) is 13.0 Å². The molecule has 2 aliphatic rings. The van der Waals surface area contributed by atoms with Crippen molar-refractivity contribution < 1.29 is 13.4 Å². The minimum absolute atomic E-state index is 0.0813. The zero-order valence-corrected chi connectivity index (χ0v) is 21.3. The van der Waals surface area contributed by atoms with Crippen LogP contribution < -0.4 is 16.0 Å². The van der Waals surface area contributed by atoms with Gasteiger partial charge in [0.2, 0.25) is 5.95 Å². The molecule has 7 nitrogen and oxygen atoms in total. The summed E-state index contributed by atoms with van der Waals surface area (Å²) < 4.78 is 27.0. The molecule has 0 spiro atoms. The lowest BCUT2D eigenvalue weighted by Crippen LogP contribution is -2.38. The van der Waals surface area contributed by atoms with Crippen molar-refractivity contribution in [3.8, 4) is 22.3 Å². The topological polar surface area (TPSA) is 91.6 Å². The summed E-state index contributed by atoms with van der Waals surface area (Å²) in [6.07, 6.45) is 0.732. The molecule has 0 radical (unpaired) electrons. The summed E-state index contributed by atoms with van der Waals surface area (Å²) in [5.74, 6) is 0.729. The number of nitrogens with two attached hydrogens (primary N) is 1. The van der Waals surface area contributed by atoms with Gasteiger partial charge in [-0.3, -0.25) is 9.00 Å². The number of nitrogen functional groups attached to an aromatic ring is 1. The number of fused-ring (bicyclic) bond motifs is 1. The smallest absolute Gasteiger partial charge is 0.251 e. The van der Waals surface area contributed by atoms with E-state index >= 15 is 4.39 Å². The molecule has 1 aromatic heterocycles. The SMILES string of the molecule is CN(C)Cc1cc(-c2cc(-c3ccc4c(c3)CCNC4=O)c(N)nc2F)ccc1N1CCS(=O)CC1. The van der Waals surface area contributed by atoms with Gasteiger partial charge in [-0.2, -0.15) is 4.39 Å². The zero-order valence-electron chi connectivity index (χ0n) is 20.5. The highest BCUT2D eigenvalue weighted by Gasteiger charge is 2.21. The molecular formula is C27H30FN5O2S. The van der Waals surface area contributed by atoms with Crippen LogP contribution in [0.15, 0.2) is 42.5 Å². The summed E-state index contributed by atoms with van der Waals surface area (Å²) in [6.45, 7) is 2.76. The predicted octanol–water partition coefficient (Wildman–Crippen LogP) is 3.05. The van der Waals surface area contributed by atoms with Crippen molar-refractivity contribution in [3.05, 3.63) is 65.1 Å². The Labute approximate surface area is 213 Å². The summed E-state index contributed by atoms with van der Waals surface area (Å²) in [4.78, 5) is 20.5. The van der Waals surface area contributed by atoms with Crippen LogP contribution in [0, 0.1) is 5.95 Å². The predicted molar refractivity (Wildman–Crippen MR) is 143 cm³/mol. The van der Waals surface area contributed by atoms with Crippen molar-refractivity contribution in [2.24, 2.45) is 0 Å².